The van der Waals surface area contributed by atoms with Gasteiger partial charge >= 0.3 is 22.3 Å². The fraction of sp³-hybridized carbons (Fsp3) is 0.435. The zero-order chi connectivity index (χ0) is 29.9. The Bertz CT molecular complexity index is 1420. The third kappa shape index (κ3) is 6.73. The standard InChI is InChI=1S/C23H30N8O9S/c1-3-31(37)10-9-29(13-18(31)32)22(35)25-19(15-7-5-4-6-8-15)20(33)24-16-12-30(21(16)34)23(36)28-41(38,39)27-17-11-14(2)40-26-17/h4-8,11,16,18-19,32H,3,9-10,12-13H2,1-2H3,(H,24,33)(H,25,35)(H,26,27)(H,28,36)/t16-,18?,19?,31?/m0/s1. The van der Waals surface area contributed by atoms with Gasteiger partial charge in [-0.05, 0) is 19.4 Å². The van der Waals surface area contributed by atoms with Crippen LogP contribution in [0.15, 0.2) is 40.9 Å². The molecule has 41 heavy (non-hydrogen) atoms. The van der Waals surface area contributed by atoms with Crippen molar-refractivity contribution < 1.29 is 41.9 Å². The van der Waals surface area contributed by atoms with Crippen LogP contribution in [0.2, 0.25) is 0 Å². The van der Waals surface area contributed by atoms with Crippen LogP contribution in [-0.2, 0) is 19.8 Å². The molecule has 222 valence electrons. The number of aliphatic hydroxyl groups excluding tert-OH is 1. The van der Waals surface area contributed by atoms with E-state index in [1.54, 1.807) is 42.0 Å². The van der Waals surface area contributed by atoms with Gasteiger partial charge in [-0.3, -0.25) is 14.5 Å². The van der Waals surface area contributed by atoms with Crippen LogP contribution in [-0.4, -0.2) is 102 Å². The molecular weight excluding hydrogens is 564 g/mol. The molecule has 0 radical (unpaired) electrons. The Morgan fingerprint density at radius 3 is 2.51 bits per heavy atom. The van der Waals surface area contributed by atoms with Crippen LogP contribution in [0.4, 0.5) is 15.4 Å². The van der Waals surface area contributed by atoms with Crippen molar-refractivity contribution in [1.82, 2.24) is 30.3 Å². The number of hydrogen-bond donors (Lipinski definition) is 5. The summed E-state index contributed by atoms with van der Waals surface area (Å²) in [6, 6.07) is 5.08. The number of nitrogens with one attached hydrogen (secondary N) is 4. The number of carbonyl (C=O) groups excluding carboxylic acids is 4. The molecular formula is C23H30N8O9S. The molecule has 1 aromatic carbocycles. The van der Waals surface area contributed by atoms with E-state index in [1.165, 1.54) is 17.9 Å². The monoisotopic (exact) mass is 594 g/mol. The first-order valence-corrected chi connectivity index (χ1v) is 14.1. The summed E-state index contributed by atoms with van der Waals surface area (Å²) >= 11 is 0. The normalized spacial score (nSPS) is 23.3. The number of aliphatic hydroxyl groups is 1. The smallest absolute Gasteiger partial charge is 0.339 e. The molecule has 3 heterocycles. The lowest BCUT2D eigenvalue weighted by Gasteiger charge is -2.50. The van der Waals surface area contributed by atoms with Crippen molar-refractivity contribution in [2.75, 3.05) is 37.4 Å². The van der Waals surface area contributed by atoms with Gasteiger partial charge in [0.15, 0.2) is 5.82 Å². The first-order valence-electron chi connectivity index (χ1n) is 12.6. The van der Waals surface area contributed by atoms with Gasteiger partial charge in [-0.15, -0.1) is 0 Å². The predicted molar refractivity (Wildman–Crippen MR) is 140 cm³/mol. The number of anilines is 1. The maximum atomic E-state index is 13.2. The number of rotatable bonds is 8. The number of urea groups is 2. The van der Waals surface area contributed by atoms with Gasteiger partial charge in [-0.1, -0.05) is 35.5 Å². The van der Waals surface area contributed by atoms with Crippen molar-refractivity contribution in [2.45, 2.75) is 32.2 Å². The number of β-lactam (4-membered cyclic amide) rings is 1. The number of aromatic nitrogens is 1. The lowest BCUT2D eigenvalue weighted by Crippen LogP contribution is -2.68. The summed E-state index contributed by atoms with van der Waals surface area (Å²) in [6.45, 7) is 2.79. The zero-order valence-electron chi connectivity index (χ0n) is 22.1. The van der Waals surface area contributed by atoms with Crippen molar-refractivity contribution in [1.29, 1.82) is 0 Å². The van der Waals surface area contributed by atoms with E-state index in [9.17, 15) is 37.9 Å². The molecule has 0 spiro atoms. The molecule has 0 saturated carbocycles. The van der Waals surface area contributed by atoms with Crippen LogP contribution >= 0.6 is 0 Å². The molecule has 4 rings (SSSR count). The number of carbonyl (C=O) groups is 4. The number of benzene rings is 1. The minimum Gasteiger partial charge on any atom is -0.631 e. The zero-order valence-corrected chi connectivity index (χ0v) is 23.0. The average Bonchev–Trinajstić information content (AvgIpc) is 3.33. The molecule has 2 fully saturated rings. The summed E-state index contributed by atoms with van der Waals surface area (Å²) in [5, 5.41) is 31.3. The Morgan fingerprint density at radius 1 is 1.22 bits per heavy atom. The molecule has 4 atom stereocenters. The fourth-order valence-electron chi connectivity index (χ4n) is 4.31. The van der Waals surface area contributed by atoms with Gasteiger partial charge in [0.1, 0.15) is 24.4 Å². The number of likely N-dealkylation sites (N-methyl/N-ethyl adjacent to an activating group) is 1. The molecule has 0 aliphatic carbocycles. The van der Waals surface area contributed by atoms with E-state index in [0.29, 0.717) is 16.2 Å². The second kappa shape index (κ2) is 11.7. The number of quaternary nitrogens is 1. The van der Waals surface area contributed by atoms with Crippen LogP contribution in [0.3, 0.4) is 0 Å². The number of β-amino-alcohol motifs (C(OH)–C–C–N with tert-alkyl or cyclic N) is 1. The minimum absolute atomic E-state index is 0.0226. The lowest BCUT2D eigenvalue weighted by atomic mass is 10.0. The quantitative estimate of drug-likeness (QED) is 0.144. The highest BCUT2D eigenvalue weighted by Gasteiger charge is 2.44. The van der Waals surface area contributed by atoms with E-state index >= 15 is 0 Å². The van der Waals surface area contributed by atoms with Crippen molar-refractivity contribution >= 4 is 39.9 Å². The number of amides is 6. The van der Waals surface area contributed by atoms with Crippen molar-refractivity contribution in [2.24, 2.45) is 0 Å². The number of imide groups is 1. The van der Waals surface area contributed by atoms with E-state index in [1.807, 2.05) is 4.72 Å². The Kier molecular flexibility index (Phi) is 8.47. The van der Waals surface area contributed by atoms with Gasteiger partial charge in [-0.2, -0.15) is 8.42 Å². The summed E-state index contributed by atoms with van der Waals surface area (Å²) in [5.74, 6) is -1.49. The Hall–Kier alpha value is -4.26. The molecule has 3 unspecified atom stereocenters. The molecule has 17 nitrogen and oxygen atoms in total. The van der Waals surface area contributed by atoms with Crippen LogP contribution < -0.4 is 20.1 Å². The van der Waals surface area contributed by atoms with Crippen LogP contribution in [0, 0.1) is 12.1 Å². The topological polar surface area (TPSA) is 226 Å². The Balaban J connectivity index is 1.36. The van der Waals surface area contributed by atoms with Crippen molar-refractivity contribution in [3.8, 4) is 0 Å². The van der Waals surface area contributed by atoms with E-state index in [2.05, 4.69) is 15.8 Å². The van der Waals surface area contributed by atoms with Crippen molar-refractivity contribution in [3.05, 3.63) is 52.9 Å². The minimum atomic E-state index is -4.44. The first-order chi connectivity index (χ1) is 19.3. The highest BCUT2D eigenvalue weighted by atomic mass is 32.2. The van der Waals surface area contributed by atoms with Crippen molar-refractivity contribution in [3.63, 3.8) is 0 Å². The molecule has 1 aromatic heterocycles. The number of piperazine rings is 1. The predicted octanol–water partition coefficient (Wildman–Crippen LogP) is -0.904. The highest BCUT2D eigenvalue weighted by Crippen LogP contribution is 2.20. The Labute approximate surface area is 234 Å². The maximum Gasteiger partial charge on any atom is 0.339 e. The first kappa shape index (κ1) is 29.7. The van der Waals surface area contributed by atoms with Crippen LogP contribution in [0.25, 0.3) is 0 Å². The van der Waals surface area contributed by atoms with E-state index in [-0.39, 0.29) is 38.5 Å². The number of nitrogens with zero attached hydrogens (tertiary/aromatic N) is 4. The second-order valence-electron chi connectivity index (χ2n) is 9.56. The molecule has 2 saturated heterocycles. The van der Waals surface area contributed by atoms with Gasteiger partial charge < -0.3 is 35.0 Å². The summed E-state index contributed by atoms with van der Waals surface area (Å²) in [6.07, 6.45) is -1.34. The summed E-state index contributed by atoms with van der Waals surface area (Å²) in [5.41, 5.74) is 0.389. The number of hydroxylamine groups is 3. The molecule has 5 N–H and O–H groups in total. The number of aryl methyl sites for hydroxylation is 1. The molecule has 0 bridgehead atoms. The average molecular weight is 595 g/mol. The largest absolute Gasteiger partial charge is 0.631 e. The second-order valence-corrected chi connectivity index (χ2v) is 11.0. The van der Waals surface area contributed by atoms with Crippen LogP contribution in [0.5, 0.6) is 0 Å². The van der Waals surface area contributed by atoms with Gasteiger partial charge in [0.05, 0.1) is 26.2 Å². The summed E-state index contributed by atoms with van der Waals surface area (Å²) in [4.78, 5) is 53.0. The molecule has 2 aromatic rings. The van der Waals surface area contributed by atoms with Gasteiger partial charge in [0.2, 0.25) is 12.1 Å². The van der Waals surface area contributed by atoms with E-state index in [4.69, 9.17) is 4.52 Å². The summed E-state index contributed by atoms with van der Waals surface area (Å²) < 4.78 is 31.9. The molecule has 18 heteroatoms. The molecule has 2 aliphatic rings. The highest BCUT2D eigenvalue weighted by molar-refractivity contribution is 7.91. The van der Waals surface area contributed by atoms with Crippen LogP contribution in [0.1, 0.15) is 24.3 Å². The SMILES string of the molecule is CC[N+]1([O-])CCN(C(=O)NC(C(=O)N[C@H]2CN(C(=O)NS(=O)(=O)Nc3cc(C)on3)C2=O)c2ccccc2)CC1O. The third-order valence-corrected chi connectivity index (χ3v) is 7.66. The van der Waals surface area contributed by atoms with E-state index < -0.39 is 57.0 Å². The number of likely N-dealkylation sites (tertiary alicyclic amines) is 1. The lowest BCUT2D eigenvalue weighted by molar-refractivity contribution is -0.929. The molecule has 2 aliphatic heterocycles. The molecule has 6 amide bonds. The van der Waals surface area contributed by atoms with E-state index in [0.717, 1.165) is 0 Å². The van der Waals surface area contributed by atoms with Gasteiger partial charge in [0, 0.05) is 6.07 Å². The third-order valence-electron chi connectivity index (χ3n) is 6.74. The number of hydrogen-bond acceptors (Lipinski definition) is 10. The fourth-order valence-corrected chi connectivity index (χ4v) is 5.07. The summed E-state index contributed by atoms with van der Waals surface area (Å²) in [7, 11) is -4.44. The van der Waals surface area contributed by atoms with Gasteiger partial charge in [0.25, 0.3) is 5.91 Å². The van der Waals surface area contributed by atoms with Gasteiger partial charge in [-0.25, -0.2) is 19.0 Å². The maximum absolute atomic E-state index is 13.2. The Morgan fingerprint density at radius 2 is 1.93 bits per heavy atom.